The van der Waals surface area contributed by atoms with Crippen molar-refractivity contribution in [3.63, 3.8) is 0 Å². The Hall–Kier alpha value is -1.11. The molecule has 0 saturated carbocycles. The van der Waals surface area contributed by atoms with Gasteiger partial charge in [0.2, 0.25) is 5.66 Å². The lowest BCUT2D eigenvalue weighted by Crippen LogP contribution is -2.34. The van der Waals surface area contributed by atoms with Crippen molar-refractivity contribution < 1.29 is 13.2 Å². The molecule has 1 aliphatic heterocycles. The molecule has 0 aliphatic carbocycles. The number of alkyl halides is 3. The molecule has 0 unspecified atom stereocenters. The van der Waals surface area contributed by atoms with E-state index in [9.17, 15) is 13.2 Å². The van der Waals surface area contributed by atoms with Gasteiger partial charge < -0.3 is 5.73 Å². The van der Waals surface area contributed by atoms with E-state index < -0.39 is 11.8 Å². The fraction of sp³-hybridized carbons (Fsp3) is 0.333. The molecule has 0 atom stereocenters. The third kappa shape index (κ3) is 1.60. The predicted octanol–water partition coefficient (Wildman–Crippen LogP) is 0.968. The van der Waals surface area contributed by atoms with E-state index in [1.165, 1.54) is 12.1 Å². The first kappa shape index (κ1) is 10.4. The minimum absolute atomic E-state index is 0.137. The highest BCUT2D eigenvalue weighted by Crippen LogP contribution is 2.42. The summed E-state index contributed by atoms with van der Waals surface area (Å²) < 4.78 is 38.0. The van der Waals surface area contributed by atoms with Gasteiger partial charge in [-0.05, 0) is 11.1 Å². The largest absolute Gasteiger partial charge is 0.426 e. The summed E-state index contributed by atoms with van der Waals surface area (Å²) in [6, 6.07) is 6.11. The van der Waals surface area contributed by atoms with Gasteiger partial charge in [0.1, 0.15) is 0 Å². The Kier molecular flexibility index (Phi) is 2.22. The maximum atomic E-state index is 12.7. The Bertz CT molecular complexity index is 371. The summed E-state index contributed by atoms with van der Waals surface area (Å²) in [6.45, 7) is 0.224. The first-order valence-electron chi connectivity index (χ1n) is 4.40. The molecular formula is C9H10F3N3. The molecule has 0 radical (unpaired) electrons. The fourth-order valence-electron chi connectivity index (χ4n) is 1.44. The number of rotatable bonds is 2. The molecule has 6 heteroatoms. The van der Waals surface area contributed by atoms with Crippen molar-refractivity contribution in [1.82, 2.24) is 10.9 Å². The standard InChI is InChI=1S/C9H10F3N3/c10-9(11,12)8(14-15-8)7-3-1-2-6(4-7)5-13/h1-4,14-15H,5,13H2. The van der Waals surface area contributed by atoms with Crippen molar-refractivity contribution in [2.75, 3.05) is 0 Å². The summed E-state index contributed by atoms with van der Waals surface area (Å²) >= 11 is 0. The van der Waals surface area contributed by atoms with Crippen LogP contribution < -0.4 is 16.6 Å². The monoisotopic (exact) mass is 217 g/mol. The summed E-state index contributed by atoms with van der Waals surface area (Å²) in [5, 5.41) is 0. The Balaban J connectivity index is 2.38. The third-order valence-corrected chi connectivity index (χ3v) is 2.40. The van der Waals surface area contributed by atoms with E-state index in [4.69, 9.17) is 5.73 Å². The van der Waals surface area contributed by atoms with Crippen LogP contribution in [-0.4, -0.2) is 6.18 Å². The molecule has 3 nitrogen and oxygen atoms in total. The van der Waals surface area contributed by atoms with Crippen LogP contribution >= 0.6 is 0 Å². The van der Waals surface area contributed by atoms with Gasteiger partial charge in [-0.3, -0.25) is 0 Å². The molecule has 2 rings (SSSR count). The summed E-state index contributed by atoms with van der Waals surface area (Å²) in [5.74, 6) is 0. The molecule has 1 aromatic carbocycles. The number of hydrogen-bond donors (Lipinski definition) is 3. The van der Waals surface area contributed by atoms with Crippen LogP contribution in [-0.2, 0) is 12.2 Å². The predicted molar refractivity (Wildman–Crippen MR) is 48.3 cm³/mol. The summed E-state index contributed by atoms with van der Waals surface area (Å²) in [4.78, 5) is 0. The molecule has 82 valence electrons. The van der Waals surface area contributed by atoms with Gasteiger partial charge in [0, 0.05) is 6.54 Å². The molecule has 1 aliphatic rings. The van der Waals surface area contributed by atoms with E-state index in [-0.39, 0.29) is 12.1 Å². The molecule has 0 spiro atoms. The molecular weight excluding hydrogens is 207 g/mol. The second-order valence-corrected chi connectivity index (χ2v) is 3.40. The van der Waals surface area contributed by atoms with Crippen molar-refractivity contribution in [3.8, 4) is 0 Å². The van der Waals surface area contributed by atoms with E-state index >= 15 is 0 Å². The van der Waals surface area contributed by atoms with Crippen molar-refractivity contribution in [1.29, 1.82) is 0 Å². The van der Waals surface area contributed by atoms with Crippen molar-refractivity contribution in [3.05, 3.63) is 35.4 Å². The second-order valence-electron chi connectivity index (χ2n) is 3.40. The van der Waals surface area contributed by atoms with E-state index in [0.29, 0.717) is 5.56 Å². The number of hydrazine groups is 1. The SMILES string of the molecule is NCc1cccc(C2(C(F)(F)F)NN2)c1. The molecule has 0 amide bonds. The second kappa shape index (κ2) is 3.19. The van der Waals surface area contributed by atoms with Crippen LogP contribution in [0.1, 0.15) is 11.1 Å². The normalized spacial score (nSPS) is 18.9. The minimum atomic E-state index is -4.36. The number of nitrogens with two attached hydrogens (primary N) is 1. The van der Waals surface area contributed by atoms with Crippen LogP contribution in [0, 0.1) is 0 Å². The smallest absolute Gasteiger partial charge is 0.326 e. The summed E-state index contributed by atoms with van der Waals surface area (Å²) in [5.41, 5.74) is 8.37. The zero-order valence-electron chi connectivity index (χ0n) is 7.73. The van der Waals surface area contributed by atoms with E-state index in [1.54, 1.807) is 12.1 Å². The zero-order valence-corrected chi connectivity index (χ0v) is 7.73. The topological polar surface area (TPSA) is 69.9 Å². The van der Waals surface area contributed by atoms with Crippen LogP contribution in [0.4, 0.5) is 13.2 Å². The third-order valence-electron chi connectivity index (χ3n) is 2.40. The number of hydrogen-bond acceptors (Lipinski definition) is 3. The minimum Gasteiger partial charge on any atom is -0.326 e. The van der Waals surface area contributed by atoms with Gasteiger partial charge >= 0.3 is 6.18 Å². The van der Waals surface area contributed by atoms with Crippen molar-refractivity contribution >= 4 is 0 Å². The van der Waals surface area contributed by atoms with E-state index in [1.807, 2.05) is 0 Å². The van der Waals surface area contributed by atoms with Crippen LogP contribution in [0.3, 0.4) is 0 Å². The Morgan fingerprint density at radius 1 is 1.27 bits per heavy atom. The maximum absolute atomic E-state index is 12.7. The van der Waals surface area contributed by atoms with Gasteiger partial charge in [0.05, 0.1) is 0 Å². The quantitative estimate of drug-likeness (QED) is 0.646. The lowest BCUT2D eigenvalue weighted by molar-refractivity contribution is -0.165. The molecule has 0 aromatic heterocycles. The van der Waals surface area contributed by atoms with E-state index in [0.717, 1.165) is 0 Å². The first-order valence-corrected chi connectivity index (χ1v) is 4.40. The highest BCUT2D eigenvalue weighted by Gasteiger charge is 2.65. The van der Waals surface area contributed by atoms with Crippen LogP contribution in [0.5, 0.6) is 0 Å². The van der Waals surface area contributed by atoms with Gasteiger partial charge in [0.25, 0.3) is 0 Å². The maximum Gasteiger partial charge on any atom is 0.426 e. The van der Waals surface area contributed by atoms with Gasteiger partial charge in [-0.2, -0.15) is 13.2 Å². The highest BCUT2D eigenvalue weighted by atomic mass is 19.4. The van der Waals surface area contributed by atoms with E-state index in [2.05, 4.69) is 10.9 Å². The van der Waals surface area contributed by atoms with Crippen LogP contribution in [0.25, 0.3) is 0 Å². The average molecular weight is 217 g/mol. The Labute approximate surface area is 84.4 Å². The van der Waals surface area contributed by atoms with Gasteiger partial charge in [-0.15, -0.1) is 0 Å². The molecule has 0 bridgehead atoms. The first-order chi connectivity index (χ1) is 6.99. The van der Waals surface area contributed by atoms with Crippen molar-refractivity contribution in [2.45, 2.75) is 18.4 Å². The number of nitrogens with one attached hydrogen (secondary N) is 2. The van der Waals surface area contributed by atoms with Crippen molar-refractivity contribution in [2.24, 2.45) is 5.73 Å². The molecule has 1 heterocycles. The Morgan fingerprint density at radius 2 is 1.93 bits per heavy atom. The summed E-state index contributed by atoms with van der Waals surface area (Å²) in [7, 11) is 0. The molecule has 15 heavy (non-hydrogen) atoms. The van der Waals surface area contributed by atoms with Gasteiger partial charge in [-0.1, -0.05) is 24.3 Å². The van der Waals surface area contributed by atoms with Gasteiger partial charge in [0.15, 0.2) is 0 Å². The molecule has 1 saturated heterocycles. The lowest BCUT2D eigenvalue weighted by Gasteiger charge is -2.16. The zero-order chi connectivity index (χ0) is 11.1. The Morgan fingerprint density at radius 3 is 2.40 bits per heavy atom. The number of benzene rings is 1. The molecule has 1 fully saturated rings. The fourth-order valence-corrected chi connectivity index (χ4v) is 1.44. The highest BCUT2D eigenvalue weighted by molar-refractivity contribution is 5.33. The summed E-state index contributed by atoms with van der Waals surface area (Å²) in [6.07, 6.45) is -4.36. The van der Waals surface area contributed by atoms with Crippen LogP contribution in [0.2, 0.25) is 0 Å². The average Bonchev–Trinajstić information content (AvgIpc) is 2.97. The number of halogens is 3. The molecule has 4 N–H and O–H groups in total. The van der Waals surface area contributed by atoms with Crippen LogP contribution in [0.15, 0.2) is 24.3 Å². The lowest BCUT2D eigenvalue weighted by atomic mass is 10.0. The molecule has 1 aromatic rings. The van der Waals surface area contributed by atoms with Gasteiger partial charge in [-0.25, -0.2) is 10.9 Å².